The normalized spacial score (nSPS) is 15.5. The SMILES string of the molecule is CCc1c(N2CCN(C(=O)c3ncnc(C)c3O)CC2)cn2nc(C3=CCOCC3)nc2c1CC(=O)Nc1ccc(C(F)(F)F)cc1Cl. The van der Waals surface area contributed by atoms with Crippen molar-refractivity contribution < 1.29 is 32.6 Å². The number of piperazine rings is 1. The third-order valence-corrected chi connectivity index (χ3v) is 8.76. The fourth-order valence-electron chi connectivity index (χ4n) is 5.89. The van der Waals surface area contributed by atoms with E-state index in [2.05, 4.69) is 20.2 Å². The lowest BCUT2D eigenvalue weighted by Crippen LogP contribution is -2.49. The minimum atomic E-state index is -4.57. The summed E-state index contributed by atoms with van der Waals surface area (Å²) in [5, 5.41) is 17.5. The van der Waals surface area contributed by atoms with Gasteiger partial charge in [-0.3, -0.25) is 9.59 Å². The van der Waals surface area contributed by atoms with Crippen LogP contribution in [0.15, 0.2) is 36.8 Å². The Morgan fingerprint density at radius 2 is 1.90 bits per heavy atom. The predicted octanol–water partition coefficient (Wildman–Crippen LogP) is 4.72. The molecule has 16 heteroatoms. The molecule has 2 aliphatic rings. The van der Waals surface area contributed by atoms with Crippen LogP contribution >= 0.6 is 11.6 Å². The Balaban J connectivity index is 1.31. The number of aryl methyl sites for hydroxylation is 1. The molecule has 2 N–H and O–H groups in total. The number of hydrogen-bond acceptors (Lipinski definition) is 9. The highest BCUT2D eigenvalue weighted by molar-refractivity contribution is 6.33. The van der Waals surface area contributed by atoms with Crippen LogP contribution in [0.2, 0.25) is 5.02 Å². The molecule has 1 fully saturated rings. The van der Waals surface area contributed by atoms with Gasteiger partial charge in [-0.05, 0) is 49.1 Å². The summed E-state index contributed by atoms with van der Waals surface area (Å²) in [5.41, 5.74) is 3.08. The van der Waals surface area contributed by atoms with Gasteiger partial charge in [-0.25, -0.2) is 19.5 Å². The van der Waals surface area contributed by atoms with Crippen LogP contribution in [-0.4, -0.2) is 85.8 Å². The zero-order valence-corrected chi connectivity index (χ0v) is 26.9. The second-order valence-corrected chi connectivity index (χ2v) is 11.8. The molecule has 0 unspecified atom stereocenters. The van der Waals surface area contributed by atoms with E-state index in [9.17, 15) is 27.9 Å². The van der Waals surface area contributed by atoms with Gasteiger partial charge in [0.2, 0.25) is 5.91 Å². The van der Waals surface area contributed by atoms with Crippen LogP contribution in [0.1, 0.15) is 52.0 Å². The third-order valence-electron chi connectivity index (χ3n) is 8.45. The zero-order chi connectivity index (χ0) is 34.2. The second-order valence-electron chi connectivity index (χ2n) is 11.4. The van der Waals surface area contributed by atoms with Gasteiger partial charge in [-0.1, -0.05) is 24.6 Å². The van der Waals surface area contributed by atoms with E-state index in [1.165, 1.54) is 6.33 Å². The van der Waals surface area contributed by atoms with Gasteiger partial charge in [0.15, 0.2) is 22.9 Å². The number of ether oxygens (including phenoxy) is 1. The zero-order valence-electron chi connectivity index (χ0n) is 26.1. The topological polar surface area (TPSA) is 138 Å². The number of amides is 2. The number of alkyl halides is 3. The first-order valence-electron chi connectivity index (χ1n) is 15.3. The first-order valence-corrected chi connectivity index (χ1v) is 15.7. The Morgan fingerprint density at radius 1 is 1.12 bits per heavy atom. The fraction of sp³-hybridized carbons (Fsp3) is 0.375. The summed E-state index contributed by atoms with van der Waals surface area (Å²) in [4.78, 5) is 43.1. The van der Waals surface area contributed by atoms with Crippen LogP contribution in [-0.2, 0) is 28.5 Å². The number of halogens is 4. The number of fused-ring (bicyclic) bond motifs is 1. The van der Waals surface area contributed by atoms with Crippen LogP contribution < -0.4 is 10.2 Å². The number of rotatable bonds is 7. The molecule has 1 aromatic carbocycles. The Labute approximate surface area is 278 Å². The van der Waals surface area contributed by atoms with Crippen molar-refractivity contribution in [1.29, 1.82) is 0 Å². The number of benzene rings is 1. The van der Waals surface area contributed by atoms with E-state index in [-0.39, 0.29) is 28.6 Å². The number of nitrogens with zero attached hydrogens (tertiary/aromatic N) is 7. The maximum absolute atomic E-state index is 13.5. The minimum Gasteiger partial charge on any atom is -0.504 e. The number of pyridine rings is 1. The van der Waals surface area contributed by atoms with E-state index in [0.29, 0.717) is 75.0 Å². The molecule has 252 valence electrons. The molecule has 2 amide bonds. The highest BCUT2D eigenvalue weighted by atomic mass is 35.5. The monoisotopic (exact) mass is 684 g/mol. The van der Waals surface area contributed by atoms with Crippen molar-refractivity contribution in [2.45, 2.75) is 39.3 Å². The number of aromatic nitrogens is 5. The maximum atomic E-state index is 13.5. The predicted molar refractivity (Wildman–Crippen MR) is 171 cm³/mol. The van der Waals surface area contributed by atoms with Crippen molar-refractivity contribution in [2.75, 3.05) is 49.6 Å². The van der Waals surface area contributed by atoms with E-state index in [1.807, 2.05) is 19.2 Å². The molecular weight excluding hydrogens is 653 g/mol. The smallest absolute Gasteiger partial charge is 0.416 e. The average Bonchev–Trinajstić information content (AvgIpc) is 3.51. The highest BCUT2D eigenvalue weighted by Gasteiger charge is 2.32. The molecule has 2 aliphatic heterocycles. The number of carbonyl (C=O) groups excluding carboxylic acids is 2. The van der Waals surface area contributed by atoms with Crippen LogP contribution in [0.25, 0.3) is 11.2 Å². The lowest BCUT2D eigenvalue weighted by atomic mass is 10.0. The number of hydrogen-bond donors (Lipinski definition) is 2. The van der Waals surface area contributed by atoms with Crippen LogP contribution in [0.3, 0.4) is 0 Å². The van der Waals surface area contributed by atoms with E-state index in [1.54, 1.807) is 16.3 Å². The molecule has 0 bridgehead atoms. The van der Waals surface area contributed by atoms with Gasteiger partial charge in [-0.15, -0.1) is 5.10 Å². The number of nitrogens with one attached hydrogen (secondary N) is 1. The molecule has 5 heterocycles. The van der Waals surface area contributed by atoms with Crippen molar-refractivity contribution >= 4 is 46.0 Å². The summed E-state index contributed by atoms with van der Waals surface area (Å²) >= 11 is 6.13. The molecule has 12 nitrogen and oxygen atoms in total. The van der Waals surface area contributed by atoms with Gasteiger partial charge in [-0.2, -0.15) is 13.2 Å². The molecule has 0 atom stereocenters. The van der Waals surface area contributed by atoms with E-state index in [0.717, 1.165) is 35.0 Å². The van der Waals surface area contributed by atoms with Crippen molar-refractivity contribution in [3.63, 3.8) is 0 Å². The molecule has 1 saturated heterocycles. The van der Waals surface area contributed by atoms with Crippen LogP contribution in [0.4, 0.5) is 24.5 Å². The summed E-state index contributed by atoms with van der Waals surface area (Å²) in [7, 11) is 0. The van der Waals surface area contributed by atoms with Gasteiger partial charge in [0.1, 0.15) is 6.33 Å². The van der Waals surface area contributed by atoms with E-state index >= 15 is 0 Å². The molecule has 0 spiro atoms. The Morgan fingerprint density at radius 3 is 2.56 bits per heavy atom. The molecule has 4 aromatic rings. The van der Waals surface area contributed by atoms with Gasteiger partial charge in [0.25, 0.3) is 5.91 Å². The van der Waals surface area contributed by atoms with Gasteiger partial charge in [0.05, 0.1) is 53.5 Å². The largest absolute Gasteiger partial charge is 0.504 e. The molecule has 6 rings (SSSR count). The first kappa shape index (κ1) is 33.2. The molecule has 0 radical (unpaired) electrons. The summed E-state index contributed by atoms with van der Waals surface area (Å²) in [6.45, 7) is 6.12. The first-order chi connectivity index (χ1) is 22.9. The van der Waals surface area contributed by atoms with E-state index < -0.39 is 23.6 Å². The lowest BCUT2D eigenvalue weighted by Gasteiger charge is -2.37. The van der Waals surface area contributed by atoms with Crippen molar-refractivity contribution in [1.82, 2.24) is 29.5 Å². The Hall–Kier alpha value is -4.76. The Bertz CT molecular complexity index is 1920. The summed E-state index contributed by atoms with van der Waals surface area (Å²) in [6, 6.07) is 2.77. The molecule has 0 aliphatic carbocycles. The quantitative estimate of drug-likeness (QED) is 0.283. The molecule has 48 heavy (non-hydrogen) atoms. The van der Waals surface area contributed by atoms with Crippen LogP contribution in [0.5, 0.6) is 5.75 Å². The molecule has 0 saturated carbocycles. The molecular formula is C32H32ClF3N8O4. The minimum absolute atomic E-state index is 0.0503. The number of anilines is 2. The third kappa shape index (κ3) is 6.65. The molecule has 3 aromatic heterocycles. The number of carbonyl (C=O) groups is 2. The number of aromatic hydroxyl groups is 1. The standard InChI is InChI=1S/C32H32ClF3N8O4/c1-3-21-22(15-26(45)39-24-5-4-20(14-23(24)33)32(34,35)36)30-40-29(19-6-12-48-13-7-19)41-44(30)16-25(21)42-8-10-43(11-9-42)31(47)27-28(46)18(2)37-17-38-27/h4-6,14,16-17,46H,3,7-13,15H2,1-2H3,(H,39,45). The average molecular weight is 685 g/mol. The summed E-state index contributed by atoms with van der Waals surface area (Å²) in [6.07, 6.45) is 1.47. The van der Waals surface area contributed by atoms with Crippen molar-refractivity contribution in [3.8, 4) is 5.75 Å². The highest BCUT2D eigenvalue weighted by Crippen LogP contribution is 2.35. The van der Waals surface area contributed by atoms with E-state index in [4.69, 9.17) is 26.4 Å². The Kier molecular flexibility index (Phi) is 9.25. The lowest BCUT2D eigenvalue weighted by molar-refractivity contribution is -0.137. The van der Waals surface area contributed by atoms with Crippen molar-refractivity contribution in [3.05, 3.63) is 75.7 Å². The second kappa shape index (κ2) is 13.4. The van der Waals surface area contributed by atoms with Gasteiger partial charge >= 0.3 is 6.18 Å². The maximum Gasteiger partial charge on any atom is 0.416 e. The fourth-order valence-corrected chi connectivity index (χ4v) is 6.12. The van der Waals surface area contributed by atoms with Gasteiger partial charge in [0, 0.05) is 31.7 Å². The van der Waals surface area contributed by atoms with Crippen molar-refractivity contribution in [2.24, 2.45) is 0 Å². The summed E-state index contributed by atoms with van der Waals surface area (Å²) < 4.78 is 46.6. The van der Waals surface area contributed by atoms with Crippen LogP contribution in [0, 0.1) is 6.92 Å². The summed E-state index contributed by atoms with van der Waals surface area (Å²) in [5.74, 6) is -0.615. The van der Waals surface area contributed by atoms with Gasteiger partial charge < -0.3 is 25.0 Å².